The largest absolute Gasteiger partial charge is 0.309 e. The van der Waals surface area contributed by atoms with Gasteiger partial charge in [-0.25, -0.2) is 0 Å². The van der Waals surface area contributed by atoms with Crippen molar-refractivity contribution in [2.24, 2.45) is 0 Å². The number of amides is 1. The van der Waals surface area contributed by atoms with Gasteiger partial charge in [-0.2, -0.15) is 0 Å². The summed E-state index contributed by atoms with van der Waals surface area (Å²) in [5.74, 6) is -0.128. The molecule has 0 spiro atoms. The van der Waals surface area contributed by atoms with Gasteiger partial charge >= 0.3 is 0 Å². The highest BCUT2D eigenvalue weighted by Crippen LogP contribution is 2.45. The summed E-state index contributed by atoms with van der Waals surface area (Å²) in [5, 5.41) is 0.289. The second-order valence-corrected chi connectivity index (χ2v) is 7.62. The molecule has 5 heteroatoms. The van der Waals surface area contributed by atoms with Crippen LogP contribution in [0.5, 0.6) is 0 Å². The number of hydrogen-bond acceptors (Lipinski definition) is 3. The molecule has 1 aliphatic rings. The molecule has 3 nitrogen and oxygen atoms in total. The molecule has 0 aliphatic carbocycles. The van der Waals surface area contributed by atoms with E-state index in [1.54, 1.807) is 11.8 Å². The minimum Gasteiger partial charge on any atom is -0.309 e. The number of nitrogens with zero attached hydrogens (tertiary/aromatic N) is 2. The maximum Gasteiger partial charge on any atom is 0.270 e. The van der Waals surface area contributed by atoms with Gasteiger partial charge in [-0.05, 0) is 44.8 Å². The van der Waals surface area contributed by atoms with Crippen LogP contribution in [0.2, 0.25) is 0 Å². The first-order valence-corrected chi connectivity index (χ1v) is 9.46. The fourth-order valence-corrected chi connectivity index (χ4v) is 4.20. The van der Waals surface area contributed by atoms with E-state index in [4.69, 9.17) is 11.6 Å². The molecule has 2 aromatic carbocycles. The Balaban J connectivity index is 2.00. The molecule has 2 aromatic rings. The van der Waals surface area contributed by atoms with Gasteiger partial charge in [0, 0.05) is 16.3 Å². The highest BCUT2D eigenvalue weighted by atomic mass is 35.5. The van der Waals surface area contributed by atoms with Crippen LogP contribution >= 0.6 is 23.4 Å². The summed E-state index contributed by atoms with van der Waals surface area (Å²) in [6.07, 6.45) is 0.891. The Hall–Kier alpha value is -1.75. The topological polar surface area (TPSA) is 23.6 Å². The first-order valence-electron chi connectivity index (χ1n) is 8.26. The minimum absolute atomic E-state index is 0.128. The molecule has 25 heavy (non-hydrogen) atoms. The number of hydrogen-bond donors (Lipinski definition) is 0. The lowest BCUT2D eigenvalue weighted by molar-refractivity contribution is -0.114. The Morgan fingerprint density at radius 3 is 2.44 bits per heavy atom. The van der Waals surface area contributed by atoms with E-state index in [2.05, 4.69) is 4.90 Å². The summed E-state index contributed by atoms with van der Waals surface area (Å²) in [6.45, 7) is 1.57. The minimum atomic E-state index is -0.128. The monoisotopic (exact) mass is 372 g/mol. The van der Waals surface area contributed by atoms with Gasteiger partial charge in [-0.3, -0.25) is 4.79 Å². The Bertz CT molecular complexity index is 789. The van der Waals surface area contributed by atoms with Crippen molar-refractivity contribution in [1.29, 1.82) is 0 Å². The van der Waals surface area contributed by atoms with E-state index in [1.165, 1.54) is 0 Å². The fourth-order valence-electron chi connectivity index (χ4n) is 2.79. The quantitative estimate of drug-likeness (QED) is 0.761. The second-order valence-electron chi connectivity index (χ2n) is 6.19. The average molecular weight is 373 g/mol. The summed E-state index contributed by atoms with van der Waals surface area (Å²) in [4.78, 5) is 18.9. The van der Waals surface area contributed by atoms with Gasteiger partial charge in [-0.15, -0.1) is 0 Å². The zero-order chi connectivity index (χ0) is 17.8. The standard InChI is InChI=1S/C20H21ClN2OS/c1-22(2)13-8-14-23-16-11-6-7-12-17(16)25-19(18(21)20(23)24)15-9-4-3-5-10-15/h3-7,9-12H,8,13-14H2,1-2H3. The van der Waals surface area contributed by atoms with E-state index >= 15 is 0 Å². The maximum absolute atomic E-state index is 13.1. The smallest absolute Gasteiger partial charge is 0.270 e. The van der Waals surface area contributed by atoms with Crippen LogP contribution in [-0.4, -0.2) is 38.0 Å². The molecule has 0 unspecified atom stereocenters. The summed E-state index contributed by atoms with van der Waals surface area (Å²) in [5.41, 5.74) is 1.90. The van der Waals surface area contributed by atoms with Crippen molar-refractivity contribution in [1.82, 2.24) is 4.90 Å². The number of fused-ring (bicyclic) bond motifs is 1. The highest BCUT2D eigenvalue weighted by Gasteiger charge is 2.28. The number of thioether (sulfide) groups is 1. The van der Waals surface area contributed by atoms with Crippen molar-refractivity contribution < 1.29 is 4.79 Å². The van der Waals surface area contributed by atoms with Crippen LogP contribution in [0.25, 0.3) is 4.91 Å². The van der Waals surface area contributed by atoms with Gasteiger partial charge in [0.05, 0.1) is 5.69 Å². The lowest BCUT2D eigenvalue weighted by atomic mass is 10.2. The molecule has 0 fully saturated rings. The van der Waals surface area contributed by atoms with Crippen LogP contribution in [-0.2, 0) is 4.79 Å². The third-order valence-electron chi connectivity index (χ3n) is 4.02. The molecule has 3 rings (SSSR count). The van der Waals surface area contributed by atoms with Crippen LogP contribution in [0.3, 0.4) is 0 Å². The van der Waals surface area contributed by atoms with Crippen molar-refractivity contribution in [3.05, 3.63) is 65.2 Å². The lowest BCUT2D eigenvalue weighted by Crippen LogP contribution is -2.33. The van der Waals surface area contributed by atoms with Gasteiger partial charge in [0.1, 0.15) is 5.03 Å². The van der Waals surface area contributed by atoms with Gasteiger partial charge in [0.15, 0.2) is 0 Å². The maximum atomic E-state index is 13.1. The molecular formula is C20H21ClN2OS. The molecule has 0 aromatic heterocycles. The van der Waals surface area contributed by atoms with E-state index in [9.17, 15) is 4.79 Å². The van der Waals surface area contributed by atoms with E-state index < -0.39 is 0 Å². The zero-order valence-electron chi connectivity index (χ0n) is 14.4. The van der Waals surface area contributed by atoms with E-state index in [-0.39, 0.29) is 10.9 Å². The molecule has 0 saturated carbocycles. The molecule has 1 amide bonds. The summed E-state index contributed by atoms with van der Waals surface area (Å²) < 4.78 is 0. The molecule has 0 atom stereocenters. The van der Waals surface area contributed by atoms with Crippen LogP contribution in [0.15, 0.2) is 64.5 Å². The third kappa shape index (κ3) is 4.09. The normalized spacial score (nSPS) is 14.7. The summed E-state index contributed by atoms with van der Waals surface area (Å²) >= 11 is 8.12. The van der Waals surface area contributed by atoms with Gasteiger partial charge in [0.2, 0.25) is 0 Å². The Morgan fingerprint density at radius 1 is 1.04 bits per heavy atom. The third-order valence-corrected chi connectivity index (χ3v) is 5.70. The van der Waals surface area contributed by atoms with E-state index in [0.29, 0.717) is 6.54 Å². The second kappa shape index (κ2) is 8.09. The Labute approximate surface area is 158 Å². The molecule has 0 radical (unpaired) electrons. The van der Waals surface area contributed by atoms with Gasteiger partial charge in [-0.1, -0.05) is 65.8 Å². The van der Waals surface area contributed by atoms with Crippen molar-refractivity contribution in [2.75, 3.05) is 32.1 Å². The number of carbonyl (C=O) groups is 1. The van der Waals surface area contributed by atoms with Gasteiger partial charge < -0.3 is 9.80 Å². The highest BCUT2D eigenvalue weighted by molar-refractivity contribution is 8.08. The predicted octanol–water partition coefficient (Wildman–Crippen LogP) is 4.68. The number of rotatable bonds is 5. The van der Waals surface area contributed by atoms with Crippen LogP contribution in [0.1, 0.15) is 12.0 Å². The number of benzene rings is 2. The van der Waals surface area contributed by atoms with Gasteiger partial charge in [0.25, 0.3) is 5.91 Å². The van der Waals surface area contributed by atoms with E-state index in [0.717, 1.165) is 34.0 Å². The molecular weight excluding hydrogens is 352 g/mol. The van der Waals surface area contributed by atoms with Crippen molar-refractivity contribution in [3.63, 3.8) is 0 Å². The predicted molar refractivity (Wildman–Crippen MR) is 107 cm³/mol. The molecule has 130 valence electrons. The molecule has 0 saturated heterocycles. The zero-order valence-corrected chi connectivity index (χ0v) is 16.0. The number of carbonyl (C=O) groups excluding carboxylic acids is 1. The first-order chi connectivity index (χ1) is 12.1. The van der Waals surface area contributed by atoms with Crippen LogP contribution in [0, 0.1) is 0 Å². The number of para-hydroxylation sites is 1. The Kier molecular flexibility index (Phi) is 5.84. The average Bonchev–Trinajstić information content (AvgIpc) is 2.72. The van der Waals surface area contributed by atoms with E-state index in [1.807, 2.05) is 73.6 Å². The summed E-state index contributed by atoms with van der Waals surface area (Å²) in [7, 11) is 4.07. The Morgan fingerprint density at radius 2 is 1.72 bits per heavy atom. The lowest BCUT2D eigenvalue weighted by Gasteiger charge is -2.23. The molecule has 0 bridgehead atoms. The van der Waals surface area contributed by atoms with Crippen molar-refractivity contribution in [3.8, 4) is 0 Å². The van der Waals surface area contributed by atoms with Crippen molar-refractivity contribution >= 4 is 39.9 Å². The fraction of sp³-hybridized carbons (Fsp3) is 0.250. The number of halogens is 1. The SMILES string of the molecule is CN(C)CCCN1C(=O)C(Cl)=C(c2ccccc2)Sc2ccccc21. The molecule has 1 heterocycles. The first kappa shape index (κ1) is 18.1. The number of anilines is 1. The van der Waals surface area contributed by atoms with Crippen molar-refractivity contribution in [2.45, 2.75) is 11.3 Å². The van der Waals surface area contributed by atoms with Crippen LogP contribution < -0.4 is 4.90 Å². The molecule has 0 N–H and O–H groups in total. The molecule has 1 aliphatic heterocycles. The van der Waals surface area contributed by atoms with Crippen LogP contribution in [0.4, 0.5) is 5.69 Å². The summed E-state index contributed by atoms with van der Waals surface area (Å²) in [6, 6.07) is 17.9.